The van der Waals surface area contributed by atoms with E-state index in [0.29, 0.717) is 12.3 Å². The number of carbonyl (C=O) groups excluding carboxylic acids is 1. The second-order valence-corrected chi connectivity index (χ2v) is 5.40. The number of hydrogen-bond acceptors (Lipinski definition) is 3. The Bertz CT molecular complexity index is 550. The van der Waals surface area contributed by atoms with E-state index in [1.165, 1.54) is 0 Å². The van der Waals surface area contributed by atoms with Gasteiger partial charge in [-0.2, -0.15) is 0 Å². The molecule has 1 amide bonds. The maximum Gasteiger partial charge on any atom is 0.242 e. The van der Waals surface area contributed by atoms with Crippen LogP contribution < -0.4 is 4.90 Å². The molecule has 0 saturated carbocycles. The van der Waals surface area contributed by atoms with Gasteiger partial charge >= 0.3 is 0 Å². The molecule has 120 valence electrons. The van der Waals surface area contributed by atoms with Gasteiger partial charge in [-0.1, -0.05) is 36.0 Å². The Labute approximate surface area is 137 Å². The summed E-state index contributed by atoms with van der Waals surface area (Å²) in [5, 5.41) is 4.04. The minimum atomic E-state index is -0.254. The molecular weight excluding hydrogens is 300 g/mol. The lowest BCUT2D eigenvalue weighted by Crippen LogP contribution is -2.44. The van der Waals surface area contributed by atoms with Crippen molar-refractivity contribution >= 4 is 28.9 Å². The molecule has 0 radical (unpaired) electrons. The zero-order valence-electron chi connectivity index (χ0n) is 13.6. The molecule has 0 spiro atoms. The molecule has 1 aromatic rings. The lowest BCUT2D eigenvalue weighted by molar-refractivity contribution is -0.116. The summed E-state index contributed by atoms with van der Waals surface area (Å²) in [7, 11) is 0. The number of halogens is 1. The molecule has 0 aliphatic rings. The molecule has 1 unspecified atom stereocenters. The molecule has 1 rings (SSSR count). The maximum atomic E-state index is 12.4. The van der Waals surface area contributed by atoms with Crippen LogP contribution in [0.15, 0.2) is 36.0 Å². The van der Waals surface area contributed by atoms with Crippen LogP contribution in [0.3, 0.4) is 0 Å². The maximum absolute atomic E-state index is 12.4. The molecule has 1 aromatic carbocycles. The quantitative estimate of drug-likeness (QED) is 0.252. The second kappa shape index (κ2) is 8.59. The van der Waals surface area contributed by atoms with Gasteiger partial charge in [-0.3, -0.25) is 4.79 Å². The Morgan fingerprint density at radius 2 is 2.05 bits per heavy atom. The van der Waals surface area contributed by atoms with Crippen LogP contribution in [0.1, 0.15) is 25.0 Å². The van der Waals surface area contributed by atoms with Crippen molar-refractivity contribution in [1.82, 2.24) is 0 Å². The van der Waals surface area contributed by atoms with Gasteiger partial charge in [0.25, 0.3) is 0 Å². The third-order valence-corrected chi connectivity index (χ3v) is 3.68. The largest absolute Gasteiger partial charge is 0.392 e. The van der Waals surface area contributed by atoms with Gasteiger partial charge in [-0.15, -0.1) is 11.6 Å². The van der Waals surface area contributed by atoms with Gasteiger partial charge < -0.3 is 9.74 Å². The number of anilines is 1. The lowest BCUT2D eigenvalue weighted by atomic mass is 10.0. The topological polar surface area (TPSA) is 41.9 Å². The normalized spacial score (nSPS) is 12.7. The van der Waals surface area contributed by atoms with E-state index in [-0.39, 0.29) is 17.8 Å². The highest BCUT2D eigenvalue weighted by Crippen LogP contribution is 2.27. The van der Waals surface area contributed by atoms with Gasteiger partial charge in [0.2, 0.25) is 5.91 Å². The molecule has 0 aromatic heterocycles. The fraction of sp³-hybridized carbons (Fsp3) is 0.412. The molecule has 5 heteroatoms. The van der Waals surface area contributed by atoms with E-state index < -0.39 is 0 Å². The molecule has 0 bridgehead atoms. The number of rotatable bonds is 7. The number of amides is 1. The number of nitrogens with zero attached hydrogens (tertiary/aromatic N) is 2. The Balaban J connectivity index is 3.21. The van der Waals surface area contributed by atoms with Crippen molar-refractivity contribution in [3.63, 3.8) is 0 Å². The lowest BCUT2D eigenvalue weighted by Gasteiger charge is -2.31. The fourth-order valence-electron chi connectivity index (χ4n) is 2.24. The highest BCUT2D eigenvalue weighted by molar-refractivity contribution is 6.30. The van der Waals surface area contributed by atoms with Crippen LogP contribution >= 0.6 is 11.6 Å². The minimum absolute atomic E-state index is 0.0844. The van der Waals surface area contributed by atoms with Crippen LogP contribution in [-0.4, -0.2) is 30.1 Å². The van der Waals surface area contributed by atoms with Gasteiger partial charge in [0, 0.05) is 0 Å². The van der Waals surface area contributed by atoms with Crippen LogP contribution in [0.25, 0.3) is 0 Å². The van der Waals surface area contributed by atoms with Crippen molar-refractivity contribution in [3.8, 4) is 0 Å². The molecule has 0 N–H and O–H groups in total. The summed E-state index contributed by atoms with van der Waals surface area (Å²) in [5.41, 5.74) is 3.61. The van der Waals surface area contributed by atoms with E-state index in [1.807, 2.05) is 45.9 Å². The zero-order chi connectivity index (χ0) is 16.7. The van der Waals surface area contributed by atoms with Crippen molar-refractivity contribution in [2.75, 3.05) is 17.4 Å². The van der Waals surface area contributed by atoms with Crippen LogP contribution in [-0.2, 0) is 9.63 Å². The average molecular weight is 323 g/mol. The molecule has 4 nitrogen and oxygen atoms in total. The first-order valence-electron chi connectivity index (χ1n) is 7.15. The Morgan fingerprint density at radius 3 is 2.55 bits per heavy atom. The number of alkyl halides is 1. The zero-order valence-corrected chi connectivity index (χ0v) is 14.4. The van der Waals surface area contributed by atoms with Crippen molar-refractivity contribution in [2.24, 2.45) is 5.16 Å². The van der Waals surface area contributed by atoms with E-state index in [0.717, 1.165) is 16.8 Å². The Morgan fingerprint density at radius 1 is 1.45 bits per heavy atom. The van der Waals surface area contributed by atoms with Gasteiger partial charge in [0.15, 0.2) is 0 Å². The molecule has 0 aliphatic carbocycles. The third kappa shape index (κ3) is 4.34. The van der Waals surface area contributed by atoms with Gasteiger partial charge in [0.05, 0.1) is 17.4 Å². The van der Waals surface area contributed by atoms with E-state index in [4.69, 9.17) is 16.4 Å². The first-order valence-corrected chi connectivity index (χ1v) is 7.69. The molecular formula is C17H23ClN2O2. The van der Waals surface area contributed by atoms with Crippen molar-refractivity contribution in [2.45, 2.75) is 33.7 Å². The number of aryl methyl sites for hydroxylation is 2. The summed E-state index contributed by atoms with van der Waals surface area (Å²) < 4.78 is 0. The molecule has 0 heterocycles. The molecule has 1 atom stereocenters. The summed E-state index contributed by atoms with van der Waals surface area (Å²) in [6.07, 6.45) is 1.62. The Hall–Kier alpha value is -1.81. The summed E-state index contributed by atoms with van der Waals surface area (Å²) >= 11 is 5.80. The number of para-hydroxylation sites is 1. The van der Waals surface area contributed by atoms with Gasteiger partial charge in [0.1, 0.15) is 12.5 Å². The number of oxime groups is 1. The van der Waals surface area contributed by atoms with E-state index in [9.17, 15) is 4.79 Å². The molecule has 0 fully saturated rings. The summed E-state index contributed by atoms with van der Waals surface area (Å²) in [6, 6.07) is 5.67. The molecule has 22 heavy (non-hydrogen) atoms. The van der Waals surface area contributed by atoms with Crippen molar-refractivity contribution in [1.29, 1.82) is 0 Å². The summed E-state index contributed by atoms with van der Waals surface area (Å²) in [6.45, 7) is 11.6. The van der Waals surface area contributed by atoms with Crippen LogP contribution in [0.4, 0.5) is 5.69 Å². The Kier molecular flexibility index (Phi) is 7.12. The van der Waals surface area contributed by atoms with E-state index in [1.54, 1.807) is 11.0 Å². The fourth-order valence-corrected chi connectivity index (χ4v) is 2.37. The number of hydrogen-bond donors (Lipinski definition) is 0. The van der Waals surface area contributed by atoms with E-state index >= 15 is 0 Å². The summed E-state index contributed by atoms with van der Waals surface area (Å²) in [5.74, 6) is -0.247. The van der Waals surface area contributed by atoms with Gasteiger partial charge in [-0.25, -0.2) is 0 Å². The number of benzene rings is 1. The standard InChI is InChI=1S/C17H23ClN2O2/c1-6-10-22-19-14(4)15(5)20(16(21)11-18)17-12(2)8-7-9-13(17)3/h6-9,15H,1,10-11H2,2-5H3. The highest BCUT2D eigenvalue weighted by atomic mass is 35.5. The summed E-state index contributed by atoms with van der Waals surface area (Å²) in [4.78, 5) is 19.2. The average Bonchev–Trinajstić information content (AvgIpc) is 2.50. The van der Waals surface area contributed by atoms with Crippen LogP contribution in [0, 0.1) is 13.8 Å². The first-order chi connectivity index (χ1) is 10.4. The highest BCUT2D eigenvalue weighted by Gasteiger charge is 2.26. The SMILES string of the molecule is C=CCON=C(C)C(C)N(C(=O)CCl)c1c(C)cccc1C. The van der Waals surface area contributed by atoms with E-state index in [2.05, 4.69) is 11.7 Å². The minimum Gasteiger partial charge on any atom is -0.392 e. The van der Waals surface area contributed by atoms with Crippen molar-refractivity contribution < 1.29 is 9.63 Å². The first kappa shape index (κ1) is 18.2. The van der Waals surface area contributed by atoms with Gasteiger partial charge in [-0.05, 0) is 38.8 Å². The monoisotopic (exact) mass is 322 g/mol. The smallest absolute Gasteiger partial charge is 0.242 e. The predicted molar refractivity (Wildman–Crippen MR) is 92.8 cm³/mol. The van der Waals surface area contributed by atoms with Crippen molar-refractivity contribution in [3.05, 3.63) is 42.0 Å². The number of carbonyl (C=O) groups is 1. The molecule has 0 saturated heterocycles. The molecule has 0 aliphatic heterocycles. The third-order valence-electron chi connectivity index (χ3n) is 3.46. The second-order valence-electron chi connectivity index (χ2n) is 5.13. The van der Waals surface area contributed by atoms with Crippen LogP contribution in [0.2, 0.25) is 0 Å². The van der Waals surface area contributed by atoms with Crippen LogP contribution in [0.5, 0.6) is 0 Å². The predicted octanol–water partition coefficient (Wildman–Crippen LogP) is 3.84.